The molecule has 0 spiro atoms. The fourth-order valence-corrected chi connectivity index (χ4v) is 3.33. The van der Waals surface area contributed by atoms with Crippen molar-refractivity contribution in [3.8, 4) is 5.75 Å². The molecule has 1 aromatic carbocycles. The predicted molar refractivity (Wildman–Crippen MR) is 81.9 cm³/mol. The number of nitrogens with two attached hydrogens (primary N) is 1. The highest BCUT2D eigenvalue weighted by Gasteiger charge is 2.15. The van der Waals surface area contributed by atoms with Crippen LogP contribution in [0.2, 0.25) is 0 Å². The van der Waals surface area contributed by atoms with Gasteiger partial charge >= 0.3 is 0 Å². The minimum absolute atomic E-state index is 0.0575. The third kappa shape index (κ3) is 5.65. The Morgan fingerprint density at radius 1 is 1.24 bits per heavy atom. The highest BCUT2D eigenvalue weighted by atomic mass is 32.2. The SMILES string of the molecule is CS(=O)(=O)C[C@@H](N)c1ccc(OCOC2CCCC2)cc1. The van der Waals surface area contributed by atoms with Crippen molar-refractivity contribution in [2.75, 3.05) is 18.8 Å². The van der Waals surface area contributed by atoms with Gasteiger partial charge in [0.25, 0.3) is 0 Å². The normalized spacial score (nSPS) is 17.8. The van der Waals surface area contributed by atoms with Crippen LogP contribution in [0.4, 0.5) is 0 Å². The molecule has 0 radical (unpaired) electrons. The van der Waals surface area contributed by atoms with E-state index in [9.17, 15) is 8.42 Å². The first kappa shape index (κ1) is 16.3. The van der Waals surface area contributed by atoms with Crippen LogP contribution in [0.5, 0.6) is 5.75 Å². The predicted octanol–water partition coefficient (Wildman–Crippen LogP) is 2.03. The van der Waals surface area contributed by atoms with Crippen molar-refractivity contribution in [2.45, 2.75) is 37.8 Å². The summed E-state index contributed by atoms with van der Waals surface area (Å²) in [5.41, 5.74) is 6.65. The van der Waals surface area contributed by atoms with Crippen molar-refractivity contribution in [1.29, 1.82) is 0 Å². The molecule has 0 saturated heterocycles. The van der Waals surface area contributed by atoms with Crippen LogP contribution in [-0.2, 0) is 14.6 Å². The van der Waals surface area contributed by atoms with E-state index < -0.39 is 15.9 Å². The summed E-state index contributed by atoms with van der Waals surface area (Å²) < 4.78 is 33.6. The maximum Gasteiger partial charge on any atom is 0.189 e. The van der Waals surface area contributed by atoms with Gasteiger partial charge in [-0.15, -0.1) is 0 Å². The van der Waals surface area contributed by atoms with Gasteiger partial charge in [-0.25, -0.2) is 8.42 Å². The molecule has 6 heteroatoms. The maximum atomic E-state index is 11.2. The van der Waals surface area contributed by atoms with Crippen LogP contribution < -0.4 is 10.5 Å². The zero-order valence-corrected chi connectivity index (χ0v) is 13.1. The molecule has 0 aliphatic heterocycles. The van der Waals surface area contributed by atoms with E-state index in [4.69, 9.17) is 15.2 Å². The molecule has 0 aromatic heterocycles. The average Bonchev–Trinajstić information content (AvgIpc) is 2.91. The largest absolute Gasteiger partial charge is 0.468 e. The molecule has 2 N–H and O–H groups in total. The molecule has 1 aliphatic rings. The van der Waals surface area contributed by atoms with Crippen molar-refractivity contribution in [3.05, 3.63) is 29.8 Å². The second kappa shape index (κ2) is 7.24. The lowest BCUT2D eigenvalue weighted by Gasteiger charge is -2.14. The molecule has 0 unspecified atom stereocenters. The van der Waals surface area contributed by atoms with Crippen LogP contribution >= 0.6 is 0 Å². The Labute approximate surface area is 126 Å². The van der Waals surface area contributed by atoms with Gasteiger partial charge in [0, 0.05) is 12.3 Å². The van der Waals surface area contributed by atoms with Gasteiger partial charge in [-0.2, -0.15) is 0 Å². The molecule has 1 aliphatic carbocycles. The van der Waals surface area contributed by atoms with E-state index >= 15 is 0 Å². The summed E-state index contributed by atoms with van der Waals surface area (Å²) in [6.45, 7) is 0.249. The van der Waals surface area contributed by atoms with Gasteiger partial charge in [0.15, 0.2) is 6.79 Å². The molecule has 1 aromatic rings. The van der Waals surface area contributed by atoms with Crippen molar-refractivity contribution in [2.24, 2.45) is 5.73 Å². The minimum atomic E-state index is -3.08. The smallest absolute Gasteiger partial charge is 0.189 e. The summed E-state index contributed by atoms with van der Waals surface area (Å²) in [5, 5.41) is 0. The third-order valence-corrected chi connectivity index (χ3v) is 4.59. The highest BCUT2D eigenvalue weighted by molar-refractivity contribution is 7.90. The average molecular weight is 313 g/mol. The van der Waals surface area contributed by atoms with Crippen LogP contribution in [0.1, 0.15) is 37.3 Å². The summed E-state index contributed by atoms with van der Waals surface area (Å²) >= 11 is 0. The molecule has 5 nitrogen and oxygen atoms in total. The van der Waals surface area contributed by atoms with Gasteiger partial charge in [-0.1, -0.05) is 25.0 Å². The van der Waals surface area contributed by atoms with Crippen LogP contribution in [-0.4, -0.2) is 33.3 Å². The molecule has 2 rings (SSSR count). The van der Waals surface area contributed by atoms with E-state index in [1.165, 1.54) is 19.1 Å². The number of ether oxygens (including phenoxy) is 2. The van der Waals surface area contributed by atoms with E-state index in [0.717, 1.165) is 18.4 Å². The summed E-state index contributed by atoms with van der Waals surface area (Å²) in [6.07, 6.45) is 6.21. The first-order valence-electron chi connectivity index (χ1n) is 7.22. The molecule has 118 valence electrons. The number of rotatable bonds is 7. The van der Waals surface area contributed by atoms with Crippen LogP contribution in [0.3, 0.4) is 0 Å². The van der Waals surface area contributed by atoms with Gasteiger partial charge in [0.2, 0.25) is 0 Å². The molecule has 1 saturated carbocycles. The second-order valence-electron chi connectivity index (χ2n) is 5.60. The molecular formula is C15H23NO4S. The molecule has 0 bridgehead atoms. The minimum Gasteiger partial charge on any atom is -0.468 e. The van der Waals surface area contributed by atoms with Crippen LogP contribution in [0.25, 0.3) is 0 Å². The topological polar surface area (TPSA) is 78.6 Å². The first-order chi connectivity index (χ1) is 9.94. The van der Waals surface area contributed by atoms with Crippen LogP contribution in [0, 0.1) is 0 Å². The van der Waals surface area contributed by atoms with E-state index in [0.29, 0.717) is 11.9 Å². The van der Waals surface area contributed by atoms with Gasteiger partial charge in [0.05, 0.1) is 11.9 Å². The Bertz CT molecular complexity index is 535. The number of benzene rings is 1. The molecule has 0 amide bonds. The number of sulfone groups is 1. The third-order valence-electron chi connectivity index (χ3n) is 3.62. The Balaban J connectivity index is 1.80. The quantitative estimate of drug-likeness (QED) is 0.779. The lowest BCUT2D eigenvalue weighted by molar-refractivity contribution is -0.0325. The van der Waals surface area contributed by atoms with E-state index in [1.54, 1.807) is 24.3 Å². The highest BCUT2D eigenvalue weighted by Crippen LogP contribution is 2.22. The van der Waals surface area contributed by atoms with Crippen molar-refractivity contribution < 1.29 is 17.9 Å². The lowest BCUT2D eigenvalue weighted by atomic mass is 10.1. The van der Waals surface area contributed by atoms with Gasteiger partial charge in [-0.3, -0.25) is 0 Å². The Kier molecular flexibility index (Phi) is 5.61. The zero-order chi connectivity index (χ0) is 15.3. The Hall–Kier alpha value is -1.11. The van der Waals surface area contributed by atoms with E-state index in [-0.39, 0.29) is 12.5 Å². The first-order valence-corrected chi connectivity index (χ1v) is 9.28. The number of hydrogen-bond donors (Lipinski definition) is 1. The molecular weight excluding hydrogens is 290 g/mol. The van der Waals surface area contributed by atoms with Gasteiger partial charge < -0.3 is 15.2 Å². The zero-order valence-electron chi connectivity index (χ0n) is 12.3. The fourth-order valence-electron chi connectivity index (χ4n) is 2.49. The molecule has 21 heavy (non-hydrogen) atoms. The fraction of sp³-hybridized carbons (Fsp3) is 0.600. The van der Waals surface area contributed by atoms with Gasteiger partial charge in [0.1, 0.15) is 15.6 Å². The lowest BCUT2D eigenvalue weighted by Crippen LogP contribution is -2.20. The van der Waals surface area contributed by atoms with Crippen LogP contribution in [0.15, 0.2) is 24.3 Å². The van der Waals surface area contributed by atoms with Crippen molar-refractivity contribution >= 4 is 9.84 Å². The van der Waals surface area contributed by atoms with Crippen molar-refractivity contribution in [3.63, 3.8) is 0 Å². The summed E-state index contributed by atoms with van der Waals surface area (Å²) in [6, 6.07) is 6.65. The Morgan fingerprint density at radius 3 is 2.43 bits per heavy atom. The maximum absolute atomic E-state index is 11.2. The molecule has 1 fully saturated rings. The second-order valence-corrected chi connectivity index (χ2v) is 7.79. The van der Waals surface area contributed by atoms with Crippen molar-refractivity contribution in [1.82, 2.24) is 0 Å². The Morgan fingerprint density at radius 2 is 1.86 bits per heavy atom. The summed E-state index contributed by atoms with van der Waals surface area (Å²) in [4.78, 5) is 0. The molecule has 1 atom stereocenters. The monoisotopic (exact) mass is 313 g/mol. The van der Waals surface area contributed by atoms with Gasteiger partial charge in [-0.05, 0) is 30.5 Å². The molecule has 0 heterocycles. The standard InChI is InChI=1S/C15H23NO4S/c1-21(17,18)10-15(16)12-6-8-14(9-7-12)20-11-19-13-4-2-3-5-13/h6-9,13,15H,2-5,10-11,16H2,1H3/t15-/m1/s1. The van der Waals surface area contributed by atoms with E-state index in [2.05, 4.69) is 0 Å². The van der Waals surface area contributed by atoms with E-state index in [1.807, 2.05) is 0 Å². The number of hydrogen-bond acceptors (Lipinski definition) is 5. The summed E-state index contributed by atoms with van der Waals surface area (Å²) in [5.74, 6) is 0.640. The summed E-state index contributed by atoms with van der Waals surface area (Å²) in [7, 11) is -3.08.